The van der Waals surface area contributed by atoms with Crippen LogP contribution in [0.3, 0.4) is 0 Å². The molecular weight excluding hydrogens is 256 g/mol. The van der Waals surface area contributed by atoms with E-state index >= 15 is 0 Å². The lowest BCUT2D eigenvalue weighted by atomic mass is 9.90. The van der Waals surface area contributed by atoms with Gasteiger partial charge < -0.3 is 5.11 Å². The molecule has 0 spiro atoms. The van der Waals surface area contributed by atoms with Crippen molar-refractivity contribution in [2.24, 2.45) is 0 Å². The van der Waals surface area contributed by atoms with E-state index in [1.807, 2.05) is 6.07 Å². The molecule has 4 aromatic rings. The van der Waals surface area contributed by atoms with Crippen LogP contribution in [-0.4, -0.2) is 5.11 Å². The summed E-state index contributed by atoms with van der Waals surface area (Å²) >= 11 is 0. The fourth-order valence-corrected chi connectivity index (χ4v) is 3.27. The smallest absolute Gasteiger partial charge is 0.0905 e. The SMILES string of the molecule is C#CCC(O)c1ccc2ccc3cccc4ccc1c2c34. The monoisotopic (exact) mass is 270 g/mol. The zero-order valence-electron chi connectivity index (χ0n) is 11.5. The van der Waals surface area contributed by atoms with E-state index in [-0.39, 0.29) is 0 Å². The summed E-state index contributed by atoms with van der Waals surface area (Å²) in [5, 5.41) is 17.6. The van der Waals surface area contributed by atoms with Crippen molar-refractivity contribution in [2.75, 3.05) is 0 Å². The third kappa shape index (κ3) is 1.70. The second-order valence-corrected chi connectivity index (χ2v) is 5.43. The fraction of sp³-hybridized carbons (Fsp3) is 0.100. The first-order chi connectivity index (χ1) is 10.3. The summed E-state index contributed by atoms with van der Waals surface area (Å²) in [5.74, 6) is 2.54. The van der Waals surface area contributed by atoms with Gasteiger partial charge in [-0.3, -0.25) is 0 Å². The van der Waals surface area contributed by atoms with Gasteiger partial charge in [0.05, 0.1) is 6.10 Å². The van der Waals surface area contributed by atoms with Crippen LogP contribution in [0, 0.1) is 12.3 Å². The maximum atomic E-state index is 10.3. The highest BCUT2D eigenvalue weighted by atomic mass is 16.3. The van der Waals surface area contributed by atoms with Crippen LogP contribution >= 0.6 is 0 Å². The number of hydrogen-bond acceptors (Lipinski definition) is 1. The lowest BCUT2D eigenvalue weighted by Crippen LogP contribution is -1.98. The number of aliphatic hydroxyl groups excluding tert-OH is 1. The summed E-state index contributed by atoms with van der Waals surface area (Å²) in [5.41, 5.74) is 0.915. The van der Waals surface area contributed by atoms with E-state index in [0.29, 0.717) is 6.42 Å². The van der Waals surface area contributed by atoms with Gasteiger partial charge in [0.1, 0.15) is 0 Å². The van der Waals surface area contributed by atoms with Crippen molar-refractivity contribution in [1.82, 2.24) is 0 Å². The Balaban J connectivity index is 2.18. The third-order valence-electron chi connectivity index (χ3n) is 4.23. The minimum Gasteiger partial charge on any atom is -0.387 e. The molecule has 4 rings (SSSR count). The second-order valence-electron chi connectivity index (χ2n) is 5.43. The van der Waals surface area contributed by atoms with Crippen LogP contribution in [0.5, 0.6) is 0 Å². The van der Waals surface area contributed by atoms with E-state index in [1.165, 1.54) is 26.9 Å². The Morgan fingerprint density at radius 2 is 1.48 bits per heavy atom. The normalized spacial score (nSPS) is 13.0. The molecule has 1 atom stereocenters. The van der Waals surface area contributed by atoms with Crippen molar-refractivity contribution < 1.29 is 5.11 Å². The van der Waals surface area contributed by atoms with Gasteiger partial charge >= 0.3 is 0 Å². The number of hydrogen-bond donors (Lipinski definition) is 1. The fourth-order valence-electron chi connectivity index (χ4n) is 3.27. The number of benzene rings is 4. The largest absolute Gasteiger partial charge is 0.387 e. The lowest BCUT2D eigenvalue weighted by Gasteiger charge is -2.16. The van der Waals surface area contributed by atoms with E-state index in [9.17, 15) is 5.11 Å². The predicted octanol–water partition coefficient (Wildman–Crippen LogP) is 4.64. The molecule has 1 unspecified atom stereocenters. The Morgan fingerprint density at radius 3 is 2.19 bits per heavy atom. The number of terminal acetylenes is 1. The molecule has 0 saturated carbocycles. The quantitative estimate of drug-likeness (QED) is 0.415. The predicted molar refractivity (Wildman–Crippen MR) is 88.6 cm³/mol. The molecule has 1 N–H and O–H groups in total. The number of rotatable bonds is 2. The molecule has 0 aliphatic heterocycles. The van der Waals surface area contributed by atoms with E-state index in [2.05, 4.69) is 54.5 Å². The molecule has 0 saturated heterocycles. The van der Waals surface area contributed by atoms with Gasteiger partial charge in [-0.15, -0.1) is 12.3 Å². The van der Waals surface area contributed by atoms with Crippen LogP contribution < -0.4 is 0 Å². The molecule has 1 nitrogen and oxygen atoms in total. The van der Waals surface area contributed by atoms with Crippen LogP contribution in [0.2, 0.25) is 0 Å². The van der Waals surface area contributed by atoms with Gasteiger partial charge in [0.25, 0.3) is 0 Å². The average molecular weight is 270 g/mol. The summed E-state index contributed by atoms with van der Waals surface area (Å²) < 4.78 is 0. The van der Waals surface area contributed by atoms with Gasteiger partial charge in [0.2, 0.25) is 0 Å². The minimum atomic E-state index is -0.612. The molecule has 0 bridgehead atoms. The Labute approximate surface area is 123 Å². The van der Waals surface area contributed by atoms with Gasteiger partial charge in [0.15, 0.2) is 0 Å². The lowest BCUT2D eigenvalue weighted by molar-refractivity contribution is 0.185. The molecule has 0 aromatic heterocycles. The van der Waals surface area contributed by atoms with Crippen LogP contribution in [0.25, 0.3) is 32.3 Å². The van der Waals surface area contributed by atoms with Crippen LogP contribution in [-0.2, 0) is 0 Å². The minimum absolute atomic E-state index is 0.337. The summed E-state index contributed by atoms with van der Waals surface area (Å²) in [6.07, 6.45) is 5.07. The van der Waals surface area contributed by atoms with Crippen molar-refractivity contribution in [3.8, 4) is 12.3 Å². The molecule has 21 heavy (non-hydrogen) atoms. The van der Waals surface area contributed by atoms with E-state index in [0.717, 1.165) is 10.9 Å². The molecule has 1 heteroatoms. The maximum absolute atomic E-state index is 10.3. The van der Waals surface area contributed by atoms with Gasteiger partial charge in [-0.1, -0.05) is 54.6 Å². The Hall–Kier alpha value is -2.56. The maximum Gasteiger partial charge on any atom is 0.0905 e. The van der Waals surface area contributed by atoms with Gasteiger partial charge in [-0.2, -0.15) is 0 Å². The van der Waals surface area contributed by atoms with Crippen LogP contribution in [0.1, 0.15) is 18.1 Å². The number of aliphatic hydroxyl groups is 1. The van der Waals surface area contributed by atoms with Crippen molar-refractivity contribution >= 4 is 32.3 Å². The third-order valence-corrected chi connectivity index (χ3v) is 4.23. The second kappa shape index (κ2) is 4.48. The van der Waals surface area contributed by atoms with Crippen LogP contribution in [0.15, 0.2) is 54.6 Å². The molecule has 0 radical (unpaired) electrons. The molecule has 0 fully saturated rings. The standard InChI is InChI=1S/C20H14O/c1-2-4-18(21)16-11-9-15-8-7-13-5-3-6-14-10-12-17(16)20(15)19(13)14/h1,3,5-12,18,21H,4H2. The zero-order valence-corrected chi connectivity index (χ0v) is 11.5. The summed E-state index contributed by atoms with van der Waals surface area (Å²) in [7, 11) is 0. The topological polar surface area (TPSA) is 20.2 Å². The van der Waals surface area contributed by atoms with Crippen molar-refractivity contribution in [3.63, 3.8) is 0 Å². The molecule has 0 aliphatic carbocycles. The first kappa shape index (κ1) is 12.2. The Morgan fingerprint density at radius 1 is 0.857 bits per heavy atom. The first-order valence-electron chi connectivity index (χ1n) is 7.07. The van der Waals surface area contributed by atoms with Crippen LogP contribution in [0.4, 0.5) is 0 Å². The van der Waals surface area contributed by atoms with Gasteiger partial charge in [-0.25, -0.2) is 0 Å². The van der Waals surface area contributed by atoms with Crippen molar-refractivity contribution in [1.29, 1.82) is 0 Å². The van der Waals surface area contributed by atoms with Crippen molar-refractivity contribution in [3.05, 3.63) is 60.2 Å². The average Bonchev–Trinajstić information content (AvgIpc) is 2.52. The summed E-state index contributed by atoms with van der Waals surface area (Å²) in [6.45, 7) is 0. The highest BCUT2D eigenvalue weighted by Crippen LogP contribution is 2.37. The zero-order chi connectivity index (χ0) is 14.4. The molecule has 0 heterocycles. The highest BCUT2D eigenvalue weighted by Gasteiger charge is 2.14. The molecule has 100 valence electrons. The summed E-state index contributed by atoms with van der Waals surface area (Å²) in [4.78, 5) is 0. The van der Waals surface area contributed by atoms with E-state index in [4.69, 9.17) is 6.42 Å². The Bertz CT molecular complexity index is 975. The molecule has 4 aromatic carbocycles. The van der Waals surface area contributed by atoms with Gasteiger partial charge in [-0.05, 0) is 37.9 Å². The first-order valence-corrected chi connectivity index (χ1v) is 7.07. The van der Waals surface area contributed by atoms with Crippen molar-refractivity contribution in [2.45, 2.75) is 12.5 Å². The van der Waals surface area contributed by atoms with E-state index in [1.54, 1.807) is 0 Å². The molecule has 0 amide bonds. The van der Waals surface area contributed by atoms with Gasteiger partial charge in [0, 0.05) is 6.42 Å². The Kier molecular flexibility index (Phi) is 2.60. The highest BCUT2D eigenvalue weighted by molar-refractivity contribution is 6.23. The summed E-state index contributed by atoms with van der Waals surface area (Å²) in [6, 6.07) is 18.9. The molecular formula is C20H14O. The molecule has 0 aliphatic rings. The van der Waals surface area contributed by atoms with E-state index < -0.39 is 6.10 Å².